The van der Waals surface area contributed by atoms with Gasteiger partial charge in [0.15, 0.2) is 9.84 Å². The number of nitrogens with zero attached hydrogens (tertiary/aromatic N) is 2. The zero-order chi connectivity index (χ0) is 15.6. The fourth-order valence-electron chi connectivity index (χ4n) is 1.84. The van der Waals surface area contributed by atoms with Gasteiger partial charge in [-0.05, 0) is 18.2 Å². The molecule has 0 saturated carbocycles. The van der Waals surface area contributed by atoms with Crippen LogP contribution in [0.15, 0.2) is 35.5 Å². The summed E-state index contributed by atoms with van der Waals surface area (Å²) in [7, 11) is -1.76. The Kier molecular flexibility index (Phi) is 4.34. The molecule has 21 heavy (non-hydrogen) atoms. The van der Waals surface area contributed by atoms with E-state index in [1.54, 1.807) is 24.0 Å². The van der Waals surface area contributed by atoms with Crippen LogP contribution in [-0.2, 0) is 23.3 Å². The number of aromatic carboxylic acids is 1. The molecule has 0 fully saturated rings. The minimum absolute atomic E-state index is 0.00621. The van der Waals surface area contributed by atoms with E-state index in [0.29, 0.717) is 5.82 Å². The predicted octanol–water partition coefficient (Wildman–Crippen LogP) is 1.79. The summed E-state index contributed by atoms with van der Waals surface area (Å²) >= 11 is 5.79. The molecule has 1 aromatic carbocycles. The van der Waals surface area contributed by atoms with Crippen molar-refractivity contribution in [1.82, 2.24) is 9.55 Å². The number of carboxylic acids is 1. The zero-order valence-electron chi connectivity index (χ0n) is 11.2. The fourth-order valence-corrected chi connectivity index (χ4v) is 3.43. The maximum atomic E-state index is 12.2. The highest BCUT2D eigenvalue weighted by Crippen LogP contribution is 2.22. The summed E-state index contributed by atoms with van der Waals surface area (Å²) in [6, 6.07) is 3.61. The Morgan fingerprint density at radius 3 is 2.67 bits per heavy atom. The van der Waals surface area contributed by atoms with Crippen LogP contribution in [0, 0.1) is 0 Å². The van der Waals surface area contributed by atoms with Crippen molar-refractivity contribution in [1.29, 1.82) is 0 Å². The summed E-state index contributed by atoms with van der Waals surface area (Å²) in [5, 5.41) is 8.78. The third kappa shape index (κ3) is 3.43. The molecule has 8 heteroatoms. The number of imidazole rings is 1. The van der Waals surface area contributed by atoms with E-state index < -0.39 is 15.8 Å². The lowest BCUT2D eigenvalue weighted by molar-refractivity contribution is 0.0697. The van der Waals surface area contributed by atoms with Crippen LogP contribution in [0.5, 0.6) is 0 Å². The van der Waals surface area contributed by atoms with Crippen LogP contribution in [0.3, 0.4) is 0 Å². The van der Waals surface area contributed by atoms with Crippen LogP contribution in [0.25, 0.3) is 0 Å². The summed E-state index contributed by atoms with van der Waals surface area (Å²) in [4.78, 5) is 14.9. The zero-order valence-corrected chi connectivity index (χ0v) is 12.7. The van der Waals surface area contributed by atoms with E-state index in [-0.39, 0.29) is 27.7 Å². The molecule has 112 valence electrons. The van der Waals surface area contributed by atoms with Gasteiger partial charge in [-0.2, -0.15) is 0 Å². The summed E-state index contributed by atoms with van der Waals surface area (Å²) in [5.41, 5.74) is -0.125. The third-order valence-corrected chi connectivity index (χ3v) is 5.07. The number of carbonyl (C=O) groups is 1. The lowest BCUT2D eigenvalue weighted by atomic mass is 10.2. The van der Waals surface area contributed by atoms with Crippen LogP contribution < -0.4 is 0 Å². The van der Waals surface area contributed by atoms with Gasteiger partial charge in [0.2, 0.25) is 0 Å². The van der Waals surface area contributed by atoms with Crippen LogP contribution in [0.4, 0.5) is 0 Å². The van der Waals surface area contributed by atoms with Crippen molar-refractivity contribution in [2.75, 3.05) is 5.75 Å². The van der Waals surface area contributed by atoms with Crippen molar-refractivity contribution in [2.24, 2.45) is 7.05 Å². The Labute approximate surface area is 126 Å². The maximum Gasteiger partial charge on any atom is 0.337 e. The van der Waals surface area contributed by atoms with Crippen LogP contribution in [0.1, 0.15) is 16.2 Å². The summed E-state index contributed by atoms with van der Waals surface area (Å²) in [6.07, 6.45) is 3.60. The first-order valence-corrected chi connectivity index (χ1v) is 8.06. The second kappa shape index (κ2) is 5.87. The van der Waals surface area contributed by atoms with E-state index in [0.717, 1.165) is 0 Å². The van der Waals surface area contributed by atoms with E-state index in [9.17, 15) is 13.2 Å². The lowest BCUT2D eigenvalue weighted by Crippen LogP contribution is -2.12. The van der Waals surface area contributed by atoms with Gasteiger partial charge in [0.1, 0.15) is 5.82 Å². The minimum Gasteiger partial charge on any atom is -0.478 e. The lowest BCUT2D eigenvalue weighted by Gasteiger charge is -2.06. The topological polar surface area (TPSA) is 89.3 Å². The highest BCUT2D eigenvalue weighted by atomic mass is 35.5. The van der Waals surface area contributed by atoms with Crippen molar-refractivity contribution in [3.05, 3.63) is 47.0 Å². The molecule has 2 rings (SSSR count). The molecule has 0 atom stereocenters. The number of aromatic nitrogens is 2. The monoisotopic (exact) mass is 328 g/mol. The van der Waals surface area contributed by atoms with Gasteiger partial charge in [0, 0.05) is 25.9 Å². The van der Waals surface area contributed by atoms with E-state index in [1.165, 1.54) is 18.2 Å². The number of carboxylic acid groups (broad SMARTS) is 1. The second-order valence-electron chi connectivity index (χ2n) is 4.47. The normalized spacial score (nSPS) is 11.5. The van der Waals surface area contributed by atoms with Gasteiger partial charge in [0.05, 0.1) is 21.2 Å². The molecule has 0 bridgehead atoms. The van der Waals surface area contributed by atoms with Gasteiger partial charge in [-0.15, -0.1) is 0 Å². The first kappa shape index (κ1) is 15.5. The molecule has 1 heterocycles. The largest absolute Gasteiger partial charge is 0.478 e. The number of benzene rings is 1. The van der Waals surface area contributed by atoms with Gasteiger partial charge in [0.25, 0.3) is 0 Å². The Morgan fingerprint density at radius 2 is 2.14 bits per heavy atom. The van der Waals surface area contributed by atoms with E-state index in [4.69, 9.17) is 16.7 Å². The van der Waals surface area contributed by atoms with Gasteiger partial charge >= 0.3 is 5.97 Å². The average Bonchev–Trinajstić information content (AvgIpc) is 2.81. The van der Waals surface area contributed by atoms with E-state index in [1.807, 2.05) is 0 Å². The molecule has 2 aromatic rings. The number of sulfone groups is 1. The number of halogens is 1. The van der Waals surface area contributed by atoms with Crippen LogP contribution in [-0.4, -0.2) is 34.8 Å². The molecule has 1 N–H and O–H groups in total. The van der Waals surface area contributed by atoms with E-state index in [2.05, 4.69) is 4.98 Å². The first-order valence-electron chi connectivity index (χ1n) is 6.03. The van der Waals surface area contributed by atoms with Crippen molar-refractivity contribution in [2.45, 2.75) is 11.3 Å². The fraction of sp³-hybridized carbons (Fsp3) is 0.231. The van der Waals surface area contributed by atoms with Gasteiger partial charge in [-0.3, -0.25) is 0 Å². The third-order valence-electron chi connectivity index (χ3n) is 3.05. The molecule has 0 aliphatic carbocycles. The second-order valence-corrected chi connectivity index (χ2v) is 6.99. The molecule has 0 radical (unpaired) electrons. The summed E-state index contributed by atoms with van der Waals surface area (Å²) in [5.74, 6) is -0.663. The van der Waals surface area contributed by atoms with Crippen LogP contribution >= 0.6 is 11.6 Å². The predicted molar refractivity (Wildman–Crippen MR) is 77.4 cm³/mol. The van der Waals surface area contributed by atoms with Crippen molar-refractivity contribution in [3.63, 3.8) is 0 Å². The first-order chi connectivity index (χ1) is 9.81. The molecule has 6 nitrogen and oxygen atoms in total. The Hall–Kier alpha value is -1.86. The molecular formula is C13H13ClN2O4S. The summed E-state index contributed by atoms with van der Waals surface area (Å²) < 4.78 is 26.2. The minimum atomic E-state index is -3.55. The highest BCUT2D eigenvalue weighted by Gasteiger charge is 2.18. The Morgan fingerprint density at radius 1 is 1.43 bits per heavy atom. The van der Waals surface area contributed by atoms with Gasteiger partial charge in [-0.25, -0.2) is 18.2 Å². The molecule has 0 saturated heterocycles. The average molecular weight is 329 g/mol. The molecule has 1 aromatic heterocycles. The number of rotatable bonds is 5. The van der Waals surface area contributed by atoms with Crippen molar-refractivity contribution < 1.29 is 18.3 Å². The van der Waals surface area contributed by atoms with Crippen molar-refractivity contribution in [3.8, 4) is 0 Å². The van der Waals surface area contributed by atoms with Gasteiger partial charge in [-0.1, -0.05) is 11.6 Å². The van der Waals surface area contributed by atoms with Gasteiger partial charge < -0.3 is 9.67 Å². The standard InChI is InChI=1S/C13H13ClN2O4S/c1-16-6-5-15-12(16)4-7-21(19,20)9-2-3-10(13(17)18)11(14)8-9/h2-3,5-6,8H,4,7H2,1H3,(H,17,18). The Bertz CT molecular complexity index is 783. The smallest absolute Gasteiger partial charge is 0.337 e. The molecule has 0 unspecified atom stereocenters. The molecule has 0 aliphatic rings. The molecule has 0 spiro atoms. The number of hydrogen-bond donors (Lipinski definition) is 1. The Balaban J connectivity index is 2.22. The number of aryl methyl sites for hydroxylation is 2. The number of hydrogen-bond acceptors (Lipinski definition) is 4. The molecule has 0 aliphatic heterocycles. The maximum absolute atomic E-state index is 12.2. The highest BCUT2D eigenvalue weighted by molar-refractivity contribution is 7.91. The van der Waals surface area contributed by atoms with Crippen molar-refractivity contribution >= 4 is 27.4 Å². The van der Waals surface area contributed by atoms with Crippen LogP contribution in [0.2, 0.25) is 5.02 Å². The van der Waals surface area contributed by atoms with E-state index >= 15 is 0 Å². The molecule has 0 amide bonds. The SMILES string of the molecule is Cn1ccnc1CCS(=O)(=O)c1ccc(C(=O)O)c(Cl)c1. The molecular weight excluding hydrogens is 316 g/mol. The summed E-state index contributed by atoms with van der Waals surface area (Å²) in [6.45, 7) is 0. The quantitative estimate of drug-likeness (QED) is 0.903.